The van der Waals surface area contributed by atoms with Gasteiger partial charge < -0.3 is 7.96 Å². The van der Waals surface area contributed by atoms with E-state index in [0.717, 1.165) is 5.56 Å². The Morgan fingerprint density at radius 1 is 1.10 bits per heavy atom. The van der Waals surface area contributed by atoms with Gasteiger partial charge in [0, 0.05) is 0 Å². The van der Waals surface area contributed by atoms with Crippen molar-refractivity contribution in [1.29, 1.82) is 0 Å². The molecular weight excluding hydrogens is 146 g/mol. The molecule has 1 nitrogen and oxygen atoms in total. The van der Waals surface area contributed by atoms with Gasteiger partial charge in [-0.3, -0.25) is 0 Å². The van der Waals surface area contributed by atoms with Gasteiger partial charge in [-0.1, -0.05) is 30.3 Å². The molecule has 0 spiro atoms. The van der Waals surface area contributed by atoms with Gasteiger partial charge in [-0.15, -0.1) is 0 Å². The van der Waals surface area contributed by atoms with Crippen LogP contribution in [0, 0.1) is 0 Å². The van der Waals surface area contributed by atoms with Gasteiger partial charge in [0.25, 0.3) is 0 Å². The molecule has 10 heavy (non-hydrogen) atoms. The summed E-state index contributed by atoms with van der Waals surface area (Å²) in [4.78, 5) is 0. The summed E-state index contributed by atoms with van der Waals surface area (Å²) in [5, 5.41) is 8.54. The van der Waals surface area contributed by atoms with Crippen LogP contribution in [-0.4, -0.2) is 5.11 Å². The van der Waals surface area contributed by atoms with Crippen LogP contribution in [0.25, 0.3) is 0 Å². The van der Waals surface area contributed by atoms with E-state index in [0.29, 0.717) is 0 Å². The third kappa shape index (κ3) is 4.91. The number of aliphatic hydroxyl groups excluding tert-OH is 1. The van der Waals surface area contributed by atoms with E-state index < -0.39 is 0 Å². The van der Waals surface area contributed by atoms with Gasteiger partial charge in [-0.2, -0.15) is 0 Å². The van der Waals surface area contributed by atoms with Gasteiger partial charge in [0.05, 0.1) is 6.61 Å². The molecule has 0 aliphatic rings. The largest absolute Gasteiger partial charge is 1.00 e. The molecular formula is C7H10Na2O. The van der Waals surface area contributed by atoms with Crippen molar-refractivity contribution in [2.24, 2.45) is 0 Å². The van der Waals surface area contributed by atoms with Crippen molar-refractivity contribution in [3.05, 3.63) is 35.9 Å². The fraction of sp³-hybridized carbons (Fsp3) is 0.143. The molecule has 3 heteroatoms. The first-order valence-corrected chi connectivity index (χ1v) is 2.58. The molecule has 0 saturated heterocycles. The second-order valence-electron chi connectivity index (χ2n) is 1.64. The topological polar surface area (TPSA) is 20.2 Å². The molecule has 1 rings (SSSR count). The standard InChI is InChI=1S/C7H8O.2Na.2H/c8-6-7-4-2-1-3-5-7;;;;/h1-5,8H,6H2;;;;/q;2*+1;2*-1. The van der Waals surface area contributed by atoms with Crippen LogP contribution >= 0.6 is 0 Å². The quantitative estimate of drug-likeness (QED) is 0.406. The van der Waals surface area contributed by atoms with Crippen LogP contribution in [0.2, 0.25) is 0 Å². The Labute approximate surface area is 108 Å². The molecule has 0 aliphatic heterocycles. The molecule has 1 aromatic carbocycles. The third-order valence-electron chi connectivity index (χ3n) is 1.03. The van der Waals surface area contributed by atoms with E-state index in [1.165, 1.54) is 0 Å². The van der Waals surface area contributed by atoms with Crippen molar-refractivity contribution < 1.29 is 67.1 Å². The van der Waals surface area contributed by atoms with Gasteiger partial charge in [-0.25, -0.2) is 0 Å². The second kappa shape index (κ2) is 8.28. The Bertz CT molecular complexity index is 161. The minimum atomic E-state index is 0. The fourth-order valence-corrected chi connectivity index (χ4v) is 0.583. The zero-order chi connectivity index (χ0) is 5.82. The minimum absolute atomic E-state index is 0. The molecule has 46 valence electrons. The minimum Gasteiger partial charge on any atom is -1.00 e. The fourth-order valence-electron chi connectivity index (χ4n) is 0.583. The van der Waals surface area contributed by atoms with Gasteiger partial charge in [0.1, 0.15) is 0 Å². The normalized spacial score (nSPS) is 7.30. The van der Waals surface area contributed by atoms with Crippen molar-refractivity contribution in [1.82, 2.24) is 0 Å². The number of benzene rings is 1. The zero-order valence-corrected chi connectivity index (χ0v) is 10.5. The Morgan fingerprint density at radius 3 is 1.90 bits per heavy atom. The summed E-state index contributed by atoms with van der Waals surface area (Å²) in [6.45, 7) is 0.140. The Morgan fingerprint density at radius 2 is 1.60 bits per heavy atom. The van der Waals surface area contributed by atoms with E-state index in [-0.39, 0.29) is 68.6 Å². The van der Waals surface area contributed by atoms with E-state index >= 15 is 0 Å². The van der Waals surface area contributed by atoms with Crippen LogP contribution in [0.5, 0.6) is 0 Å². The smallest absolute Gasteiger partial charge is 1.00 e. The molecule has 0 bridgehead atoms. The molecule has 0 heterocycles. The van der Waals surface area contributed by atoms with Crippen LogP contribution in [0.1, 0.15) is 8.42 Å². The zero-order valence-electron chi connectivity index (χ0n) is 8.54. The van der Waals surface area contributed by atoms with Gasteiger partial charge in [0.2, 0.25) is 0 Å². The van der Waals surface area contributed by atoms with Crippen molar-refractivity contribution in [3.63, 3.8) is 0 Å². The number of aliphatic hydroxyl groups is 1. The summed E-state index contributed by atoms with van der Waals surface area (Å²) in [6, 6.07) is 9.52. The molecule has 0 atom stereocenters. The van der Waals surface area contributed by atoms with E-state index in [9.17, 15) is 0 Å². The maximum atomic E-state index is 8.54. The molecule has 0 saturated carbocycles. The van der Waals surface area contributed by atoms with Crippen molar-refractivity contribution in [3.8, 4) is 0 Å². The van der Waals surface area contributed by atoms with Crippen LogP contribution < -0.4 is 59.1 Å². The molecule has 0 fully saturated rings. The van der Waals surface area contributed by atoms with E-state index in [4.69, 9.17) is 5.11 Å². The Kier molecular flexibility index (Phi) is 11.4. The van der Waals surface area contributed by atoms with E-state index in [2.05, 4.69) is 0 Å². The summed E-state index contributed by atoms with van der Waals surface area (Å²) >= 11 is 0. The summed E-state index contributed by atoms with van der Waals surface area (Å²) in [5.74, 6) is 0. The van der Waals surface area contributed by atoms with Crippen LogP contribution in [0.4, 0.5) is 0 Å². The van der Waals surface area contributed by atoms with E-state index in [1.54, 1.807) is 0 Å². The second-order valence-corrected chi connectivity index (χ2v) is 1.64. The predicted molar refractivity (Wildman–Crippen MR) is 34.6 cm³/mol. The van der Waals surface area contributed by atoms with Crippen LogP contribution in [0.3, 0.4) is 0 Å². The first-order chi connectivity index (χ1) is 3.93. The Hall–Kier alpha value is 1.18. The monoisotopic (exact) mass is 156 g/mol. The summed E-state index contributed by atoms with van der Waals surface area (Å²) in [6.07, 6.45) is 0. The summed E-state index contributed by atoms with van der Waals surface area (Å²) in [5.41, 5.74) is 0.965. The molecule has 1 N–H and O–H groups in total. The van der Waals surface area contributed by atoms with E-state index in [1.807, 2.05) is 30.3 Å². The van der Waals surface area contributed by atoms with Crippen molar-refractivity contribution in [2.45, 2.75) is 6.61 Å². The van der Waals surface area contributed by atoms with Gasteiger partial charge in [-0.05, 0) is 5.56 Å². The maximum absolute atomic E-state index is 8.54. The first kappa shape index (κ1) is 13.7. The predicted octanol–water partition coefficient (Wildman–Crippen LogP) is -4.59. The van der Waals surface area contributed by atoms with Crippen LogP contribution in [-0.2, 0) is 6.61 Å². The molecule has 0 unspecified atom stereocenters. The maximum Gasteiger partial charge on any atom is 1.00 e. The number of hydrogen-bond donors (Lipinski definition) is 1. The third-order valence-corrected chi connectivity index (χ3v) is 1.03. The average molecular weight is 156 g/mol. The molecule has 0 aromatic heterocycles. The van der Waals surface area contributed by atoms with Gasteiger partial charge in [0.15, 0.2) is 0 Å². The molecule has 1 aromatic rings. The van der Waals surface area contributed by atoms with Gasteiger partial charge >= 0.3 is 59.1 Å². The SMILES string of the molecule is OCc1ccccc1.[H-].[H-].[Na+].[Na+]. The Balaban J connectivity index is -0.0000000800. The van der Waals surface area contributed by atoms with Crippen molar-refractivity contribution in [2.75, 3.05) is 0 Å². The molecule has 0 amide bonds. The number of rotatable bonds is 1. The first-order valence-electron chi connectivity index (χ1n) is 2.58. The molecule has 0 radical (unpaired) electrons. The van der Waals surface area contributed by atoms with Crippen LogP contribution in [0.15, 0.2) is 30.3 Å². The summed E-state index contributed by atoms with van der Waals surface area (Å²) in [7, 11) is 0. The van der Waals surface area contributed by atoms with Crippen molar-refractivity contribution >= 4 is 0 Å². The average Bonchev–Trinajstić information content (AvgIpc) is 1.90. The summed E-state index contributed by atoms with van der Waals surface area (Å²) < 4.78 is 0. The molecule has 0 aliphatic carbocycles. The number of hydrogen-bond acceptors (Lipinski definition) is 1.